The van der Waals surface area contributed by atoms with Gasteiger partial charge in [0, 0.05) is 6.54 Å². The molecule has 4 nitrogen and oxygen atoms in total. The van der Waals surface area contributed by atoms with Crippen molar-refractivity contribution in [2.75, 3.05) is 11.9 Å². The van der Waals surface area contributed by atoms with Crippen molar-refractivity contribution < 1.29 is 4.52 Å². The van der Waals surface area contributed by atoms with E-state index in [4.69, 9.17) is 4.52 Å². The van der Waals surface area contributed by atoms with Crippen molar-refractivity contribution in [3.8, 4) is 0 Å². The van der Waals surface area contributed by atoms with Crippen LogP contribution in [0.4, 0.5) is 6.01 Å². The van der Waals surface area contributed by atoms with Crippen LogP contribution in [0.5, 0.6) is 0 Å². The summed E-state index contributed by atoms with van der Waals surface area (Å²) in [7, 11) is 0. The second-order valence-corrected chi connectivity index (χ2v) is 3.94. The van der Waals surface area contributed by atoms with E-state index in [1.54, 1.807) is 0 Å². The Labute approximate surface area is 93.7 Å². The minimum absolute atomic E-state index is 0.312. The molecule has 2 aromatic rings. The first-order valence-corrected chi connectivity index (χ1v) is 5.53. The number of hydrogen-bond donors (Lipinski definition) is 1. The van der Waals surface area contributed by atoms with Crippen LogP contribution in [0.2, 0.25) is 0 Å². The number of anilines is 1. The van der Waals surface area contributed by atoms with Gasteiger partial charge in [0.1, 0.15) is 0 Å². The van der Waals surface area contributed by atoms with Crippen LogP contribution in [-0.2, 0) is 6.42 Å². The largest absolute Gasteiger partial charge is 0.338 e. The van der Waals surface area contributed by atoms with Crippen molar-refractivity contribution in [2.24, 2.45) is 0 Å². The molecule has 0 bridgehead atoms. The van der Waals surface area contributed by atoms with Crippen LogP contribution >= 0.6 is 0 Å². The third-order valence-corrected chi connectivity index (χ3v) is 2.94. The third-order valence-electron chi connectivity index (χ3n) is 2.94. The monoisotopic (exact) mass is 215 g/mol. The Morgan fingerprint density at radius 1 is 1.44 bits per heavy atom. The maximum Gasteiger partial charge on any atom is 0.321 e. The Bertz CT molecular complexity index is 506. The lowest BCUT2D eigenvalue weighted by Crippen LogP contribution is -2.19. The Morgan fingerprint density at radius 2 is 2.31 bits per heavy atom. The maximum absolute atomic E-state index is 5.10. The van der Waals surface area contributed by atoms with Gasteiger partial charge in [-0.3, -0.25) is 0 Å². The zero-order valence-corrected chi connectivity index (χ0v) is 9.10. The van der Waals surface area contributed by atoms with E-state index >= 15 is 0 Å². The molecule has 1 aliphatic carbocycles. The van der Waals surface area contributed by atoms with Crippen LogP contribution in [0.1, 0.15) is 29.8 Å². The standard InChI is InChI=1S/C12H13N3O/c1-2-13-12-14-11(15-16-12)10-7-8-5-3-4-6-9(8)10/h3-6,10H,2,7H2,1H3,(H,13,14,15). The van der Waals surface area contributed by atoms with Gasteiger partial charge in [0.05, 0.1) is 5.92 Å². The maximum atomic E-state index is 5.10. The van der Waals surface area contributed by atoms with E-state index in [0.717, 1.165) is 18.8 Å². The summed E-state index contributed by atoms with van der Waals surface area (Å²) in [5, 5.41) is 7.02. The van der Waals surface area contributed by atoms with Gasteiger partial charge in [0.2, 0.25) is 0 Å². The van der Waals surface area contributed by atoms with Crippen LogP contribution in [0.25, 0.3) is 0 Å². The summed E-state index contributed by atoms with van der Waals surface area (Å²) in [6.07, 6.45) is 1.02. The molecular formula is C12H13N3O. The number of nitrogens with zero attached hydrogens (tertiary/aromatic N) is 2. The fourth-order valence-electron chi connectivity index (χ4n) is 2.09. The first-order valence-electron chi connectivity index (χ1n) is 5.53. The van der Waals surface area contributed by atoms with Gasteiger partial charge >= 0.3 is 6.01 Å². The molecule has 0 saturated heterocycles. The molecule has 82 valence electrons. The van der Waals surface area contributed by atoms with E-state index in [0.29, 0.717) is 11.9 Å². The Kier molecular flexibility index (Phi) is 2.13. The zero-order chi connectivity index (χ0) is 11.0. The van der Waals surface area contributed by atoms with E-state index in [2.05, 4.69) is 39.7 Å². The highest BCUT2D eigenvalue weighted by molar-refractivity contribution is 5.44. The summed E-state index contributed by atoms with van der Waals surface area (Å²) in [5.41, 5.74) is 2.72. The van der Waals surface area contributed by atoms with Crippen molar-refractivity contribution in [1.29, 1.82) is 0 Å². The number of hydrogen-bond acceptors (Lipinski definition) is 4. The highest BCUT2D eigenvalue weighted by Gasteiger charge is 2.30. The molecule has 3 rings (SSSR count). The fourth-order valence-corrected chi connectivity index (χ4v) is 2.09. The summed E-state index contributed by atoms with van der Waals surface area (Å²) in [4.78, 5) is 4.33. The van der Waals surface area contributed by atoms with Crippen LogP contribution in [0, 0.1) is 0 Å². The number of rotatable bonds is 3. The van der Waals surface area contributed by atoms with Gasteiger partial charge in [-0.05, 0) is 24.5 Å². The molecule has 0 spiro atoms. The van der Waals surface area contributed by atoms with E-state index in [-0.39, 0.29) is 0 Å². The van der Waals surface area contributed by atoms with E-state index in [1.807, 2.05) is 6.92 Å². The molecule has 16 heavy (non-hydrogen) atoms. The molecule has 1 unspecified atom stereocenters. The molecule has 0 aliphatic heterocycles. The van der Waals surface area contributed by atoms with Gasteiger partial charge in [-0.1, -0.05) is 29.4 Å². The van der Waals surface area contributed by atoms with E-state index in [1.165, 1.54) is 11.1 Å². The zero-order valence-electron chi connectivity index (χ0n) is 9.10. The highest BCUT2D eigenvalue weighted by Crippen LogP contribution is 2.38. The number of benzene rings is 1. The number of fused-ring (bicyclic) bond motifs is 1. The van der Waals surface area contributed by atoms with Crippen molar-refractivity contribution in [3.05, 3.63) is 41.2 Å². The Hall–Kier alpha value is -1.84. The number of nitrogens with one attached hydrogen (secondary N) is 1. The van der Waals surface area contributed by atoms with Gasteiger partial charge in [0.25, 0.3) is 0 Å². The lowest BCUT2D eigenvalue weighted by molar-refractivity contribution is 0.416. The van der Waals surface area contributed by atoms with E-state index in [9.17, 15) is 0 Å². The van der Waals surface area contributed by atoms with Crippen LogP contribution < -0.4 is 5.32 Å². The van der Waals surface area contributed by atoms with Crippen LogP contribution in [0.3, 0.4) is 0 Å². The van der Waals surface area contributed by atoms with Gasteiger partial charge in [0.15, 0.2) is 5.82 Å². The molecule has 0 radical (unpaired) electrons. The smallest absolute Gasteiger partial charge is 0.321 e. The van der Waals surface area contributed by atoms with Gasteiger partial charge in [-0.15, -0.1) is 0 Å². The third kappa shape index (κ3) is 1.38. The van der Waals surface area contributed by atoms with E-state index < -0.39 is 0 Å². The molecule has 1 aliphatic rings. The summed E-state index contributed by atoms with van der Waals surface area (Å²) < 4.78 is 5.10. The molecular weight excluding hydrogens is 202 g/mol. The van der Waals surface area contributed by atoms with Crippen LogP contribution in [-0.4, -0.2) is 16.7 Å². The van der Waals surface area contributed by atoms with Crippen molar-refractivity contribution in [3.63, 3.8) is 0 Å². The molecule has 1 aromatic carbocycles. The highest BCUT2D eigenvalue weighted by atomic mass is 16.5. The lowest BCUT2D eigenvalue weighted by Gasteiger charge is -2.26. The van der Waals surface area contributed by atoms with Crippen molar-refractivity contribution in [1.82, 2.24) is 10.1 Å². The first kappa shape index (κ1) is 9.39. The number of aromatic nitrogens is 2. The predicted octanol–water partition coefficient (Wildman–Crippen LogP) is 2.19. The normalized spacial score (nSPS) is 17.7. The molecule has 1 aromatic heterocycles. The molecule has 1 atom stereocenters. The predicted molar refractivity (Wildman–Crippen MR) is 60.5 cm³/mol. The first-order chi connectivity index (χ1) is 7.88. The summed E-state index contributed by atoms with van der Waals surface area (Å²) in [5.74, 6) is 1.10. The molecule has 1 N–H and O–H groups in total. The van der Waals surface area contributed by atoms with Gasteiger partial charge < -0.3 is 9.84 Å². The summed E-state index contributed by atoms with van der Waals surface area (Å²) >= 11 is 0. The quantitative estimate of drug-likeness (QED) is 0.852. The molecule has 0 fully saturated rings. The van der Waals surface area contributed by atoms with Gasteiger partial charge in [-0.2, -0.15) is 4.98 Å². The average molecular weight is 215 g/mol. The minimum Gasteiger partial charge on any atom is -0.338 e. The Balaban J connectivity index is 1.85. The summed E-state index contributed by atoms with van der Waals surface area (Å²) in [6.45, 7) is 2.80. The fraction of sp³-hybridized carbons (Fsp3) is 0.333. The van der Waals surface area contributed by atoms with Crippen molar-refractivity contribution >= 4 is 6.01 Å². The second kappa shape index (κ2) is 3.63. The molecule has 0 saturated carbocycles. The Morgan fingerprint density at radius 3 is 3.12 bits per heavy atom. The average Bonchev–Trinajstić information content (AvgIpc) is 2.69. The summed E-state index contributed by atoms with van der Waals surface area (Å²) in [6, 6.07) is 8.91. The lowest BCUT2D eigenvalue weighted by atomic mass is 9.77. The van der Waals surface area contributed by atoms with Crippen LogP contribution in [0.15, 0.2) is 28.8 Å². The molecule has 1 heterocycles. The molecule has 0 amide bonds. The second-order valence-electron chi connectivity index (χ2n) is 3.94. The molecule has 4 heteroatoms. The topological polar surface area (TPSA) is 51.0 Å². The SMILES string of the molecule is CCNc1nc(C2Cc3ccccc32)no1. The van der Waals surface area contributed by atoms with Gasteiger partial charge in [-0.25, -0.2) is 0 Å². The minimum atomic E-state index is 0.312. The van der Waals surface area contributed by atoms with Crippen molar-refractivity contribution in [2.45, 2.75) is 19.3 Å².